The molecule has 0 aliphatic carbocycles. The van der Waals surface area contributed by atoms with Crippen molar-refractivity contribution in [3.8, 4) is 16.9 Å². The Bertz CT molecular complexity index is 838. The number of carbonyl (C=O) groups excluding carboxylic acids is 1. The third kappa shape index (κ3) is 2.90. The molecule has 0 spiro atoms. The molecule has 23 heavy (non-hydrogen) atoms. The van der Waals surface area contributed by atoms with Gasteiger partial charge in [-0.25, -0.2) is 9.07 Å². The minimum Gasteiger partial charge on any atom is -0.296 e. The van der Waals surface area contributed by atoms with Crippen LogP contribution in [-0.2, 0) is 0 Å². The van der Waals surface area contributed by atoms with Gasteiger partial charge in [0.25, 0.3) is 0 Å². The number of hydrogen-bond donors (Lipinski definition) is 0. The van der Waals surface area contributed by atoms with Crippen molar-refractivity contribution in [3.05, 3.63) is 65.6 Å². The minimum absolute atomic E-state index is 0.184. The molecule has 0 N–H and O–H groups in total. The van der Waals surface area contributed by atoms with Gasteiger partial charge < -0.3 is 0 Å². The number of carbonyl (C=O) groups is 1. The SMILES string of the molecule is CC(C)c1ccc(-n2nnc(C=O)c2-c2cccc(F)c2)cc1. The van der Waals surface area contributed by atoms with E-state index in [1.807, 2.05) is 24.3 Å². The zero-order valence-electron chi connectivity index (χ0n) is 12.9. The van der Waals surface area contributed by atoms with Crippen molar-refractivity contribution in [3.63, 3.8) is 0 Å². The van der Waals surface area contributed by atoms with Gasteiger partial charge in [0.05, 0.1) is 5.69 Å². The number of aldehydes is 1. The molecule has 0 radical (unpaired) electrons. The first-order valence-corrected chi connectivity index (χ1v) is 7.37. The van der Waals surface area contributed by atoms with Gasteiger partial charge in [-0.05, 0) is 35.7 Å². The van der Waals surface area contributed by atoms with E-state index in [1.54, 1.807) is 16.8 Å². The number of aromatic nitrogens is 3. The second-order valence-corrected chi connectivity index (χ2v) is 5.61. The van der Waals surface area contributed by atoms with Gasteiger partial charge in [-0.2, -0.15) is 0 Å². The van der Waals surface area contributed by atoms with Crippen LogP contribution in [0.4, 0.5) is 4.39 Å². The summed E-state index contributed by atoms with van der Waals surface area (Å²) in [5.74, 6) is 0.0512. The maximum absolute atomic E-state index is 13.5. The first kappa shape index (κ1) is 15.1. The number of nitrogens with zero attached hydrogens (tertiary/aromatic N) is 3. The fraction of sp³-hybridized carbons (Fsp3) is 0.167. The average Bonchev–Trinajstić information content (AvgIpc) is 2.99. The molecule has 5 heteroatoms. The average molecular weight is 309 g/mol. The molecule has 0 amide bonds. The Morgan fingerprint density at radius 3 is 2.48 bits per heavy atom. The Morgan fingerprint density at radius 2 is 1.87 bits per heavy atom. The van der Waals surface area contributed by atoms with Crippen molar-refractivity contribution in [2.24, 2.45) is 0 Å². The Morgan fingerprint density at radius 1 is 1.13 bits per heavy atom. The molecule has 116 valence electrons. The summed E-state index contributed by atoms with van der Waals surface area (Å²) < 4.78 is 15.1. The molecule has 0 fully saturated rings. The fourth-order valence-electron chi connectivity index (χ4n) is 2.46. The highest BCUT2D eigenvalue weighted by Crippen LogP contribution is 2.26. The topological polar surface area (TPSA) is 47.8 Å². The van der Waals surface area contributed by atoms with Crippen LogP contribution in [0.5, 0.6) is 0 Å². The van der Waals surface area contributed by atoms with Crippen molar-refractivity contribution in [1.29, 1.82) is 0 Å². The predicted octanol–water partition coefficient (Wildman–Crippen LogP) is 4.01. The van der Waals surface area contributed by atoms with Gasteiger partial charge in [-0.3, -0.25) is 4.79 Å². The van der Waals surface area contributed by atoms with Gasteiger partial charge in [-0.15, -0.1) is 5.10 Å². The maximum atomic E-state index is 13.5. The number of benzene rings is 2. The van der Waals surface area contributed by atoms with Crippen molar-refractivity contribution >= 4 is 6.29 Å². The molecule has 4 nitrogen and oxygen atoms in total. The van der Waals surface area contributed by atoms with Crippen LogP contribution in [0.15, 0.2) is 48.5 Å². The monoisotopic (exact) mass is 309 g/mol. The maximum Gasteiger partial charge on any atom is 0.172 e. The highest BCUT2D eigenvalue weighted by Gasteiger charge is 2.16. The summed E-state index contributed by atoms with van der Waals surface area (Å²) >= 11 is 0. The zero-order valence-corrected chi connectivity index (χ0v) is 12.9. The van der Waals surface area contributed by atoms with E-state index < -0.39 is 0 Å². The molecule has 0 saturated heterocycles. The molecule has 3 rings (SSSR count). The van der Waals surface area contributed by atoms with Crippen LogP contribution in [0.1, 0.15) is 35.8 Å². The predicted molar refractivity (Wildman–Crippen MR) is 86.2 cm³/mol. The number of halogens is 1. The van der Waals surface area contributed by atoms with Gasteiger partial charge >= 0.3 is 0 Å². The zero-order chi connectivity index (χ0) is 16.4. The quantitative estimate of drug-likeness (QED) is 0.684. The minimum atomic E-state index is -0.373. The lowest BCUT2D eigenvalue weighted by Crippen LogP contribution is -2.01. The summed E-state index contributed by atoms with van der Waals surface area (Å²) in [5, 5.41) is 7.95. The first-order chi connectivity index (χ1) is 11.1. The van der Waals surface area contributed by atoms with Crippen LogP contribution in [0.25, 0.3) is 16.9 Å². The normalized spacial score (nSPS) is 11.0. The Labute approximate surface area is 133 Å². The van der Waals surface area contributed by atoms with E-state index >= 15 is 0 Å². The summed E-state index contributed by atoms with van der Waals surface area (Å²) in [6, 6.07) is 13.9. The molecule has 2 aromatic carbocycles. The lowest BCUT2D eigenvalue weighted by molar-refractivity contribution is 0.111. The van der Waals surface area contributed by atoms with Gasteiger partial charge in [0, 0.05) is 5.56 Å². The molecule has 0 aliphatic rings. The van der Waals surface area contributed by atoms with Gasteiger partial charge in [0.1, 0.15) is 11.5 Å². The molecule has 1 heterocycles. The van der Waals surface area contributed by atoms with Crippen molar-refractivity contribution < 1.29 is 9.18 Å². The molecule has 0 bridgehead atoms. The molecular formula is C18H16FN3O. The van der Waals surface area contributed by atoms with E-state index in [0.29, 0.717) is 23.5 Å². The Kier molecular flexibility index (Phi) is 4.02. The van der Waals surface area contributed by atoms with E-state index in [4.69, 9.17) is 0 Å². The largest absolute Gasteiger partial charge is 0.296 e. The van der Waals surface area contributed by atoms with Crippen LogP contribution in [0, 0.1) is 5.82 Å². The lowest BCUT2D eigenvalue weighted by atomic mass is 10.0. The van der Waals surface area contributed by atoms with E-state index in [0.717, 1.165) is 5.69 Å². The van der Waals surface area contributed by atoms with Crippen molar-refractivity contribution in [2.75, 3.05) is 0 Å². The van der Waals surface area contributed by atoms with Gasteiger partial charge in [0.2, 0.25) is 0 Å². The van der Waals surface area contributed by atoms with Crippen LogP contribution < -0.4 is 0 Å². The standard InChI is InChI=1S/C18H16FN3O/c1-12(2)13-6-8-16(9-7-13)22-18(17(11-23)20-21-22)14-4-3-5-15(19)10-14/h3-12H,1-2H3. The molecule has 1 aromatic heterocycles. The highest BCUT2D eigenvalue weighted by molar-refractivity contribution is 5.83. The Balaban J connectivity index is 2.13. The second kappa shape index (κ2) is 6.12. The lowest BCUT2D eigenvalue weighted by Gasteiger charge is -2.09. The fourth-order valence-corrected chi connectivity index (χ4v) is 2.46. The van der Waals surface area contributed by atoms with Gasteiger partial charge in [0.15, 0.2) is 12.0 Å². The molecule has 0 unspecified atom stereocenters. The molecular weight excluding hydrogens is 293 g/mol. The second-order valence-electron chi connectivity index (χ2n) is 5.61. The smallest absolute Gasteiger partial charge is 0.172 e. The molecule has 0 aliphatic heterocycles. The van der Waals surface area contributed by atoms with E-state index in [2.05, 4.69) is 24.2 Å². The highest BCUT2D eigenvalue weighted by atomic mass is 19.1. The van der Waals surface area contributed by atoms with E-state index in [9.17, 15) is 9.18 Å². The van der Waals surface area contributed by atoms with Crippen molar-refractivity contribution in [1.82, 2.24) is 15.0 Å². The number of hydrogen-bond acceptors (Lipinski definition) is 3. The van der Waals surface area contributed by atoms with E-state index in [-0.39, 0.29) is 11.5 Å². The summed E-state index contributed by atoms with van der Waals surface area (Å²) in [6.07, 6.45) is 0.631. The van der Waals surface area contributed by atoms with Crippen LogP contribution in [0.3, 0.4) is 0 Å². The molecule has 0 atom stereocenters. The summed E-state index contributed by atoms with van der Waals surface area (Å²) in [4.78, 5) is 11.3. The molecule has 3 aromatic rings. The van der Waals surface area contributed by atoms with Gasteiger partial charge in [-0.1, -0.05) is 43.3 Å². The summed E-state index contributed by atoms with van der Waals surface area (Å²) in [5.41, 5.74) is 3.21. The summed E-state index contributed by atoms with van der Waals surface area (Å²) in [7, 11) is 0. The van der Waals surface area contributed by atoms with Crippen LogP contribution in [-0.4, -0.2) is 21.3 Å². The van der Waals surface area contributed by atoms with Crippen LogP contribution >= 0.6 is 0 Å². The van der Waals surface area contributed by atoms with Crippen molar-refractivity contribution in [2.45, 2.75) is 19.8 Å². The van der Waals surface area contributed by atoms with Crippen LogP contribution in [0.2, 0.25) is 0 Å². The number of rotatable bonds is 4. The summed E-state index contributed by atoms with van der Waals surface area (Å²) in [6.45, 7) is 4.24. The first-order valence-electron chi connectivity index (χ1n) is 7.37. The third-order valence-electron chi connectivity index (χ3n) is 3.71. The third-order valence-corrected chi connectivity index (χ3v) is 3.71. The Hall–Kier alpha value is -2.82. The van der Waals surface area contributed by atoms with E-state index in [1.165, 1.54) is 17.7 Å². The molecule has 0 saturated carbocycles.